The number of amides is 1. The Labute approximate surface area is 145 Å². The van der Waals surface area contributed by atoms with Gasteiger partial charge in [0.2, 0.25) is 5.91 Å². The van der Waals surface area contributed by atoms with Crippen LogP contribution in [0, 0.1) is 17.1 Å². The van der Waals surface area contributed by atoms with Gasteiger partial charge in [-0.1, -0.05) is 30.3 Å². The van der Waals surface area contributed by atoms with Gasteiger partial charge in [-0.25, -0.2) is 4.39 Å². The molecule has 5 heteroatoms. The molecule has 0 aliphatic rings. The Kier molecular flexibility index (Phi) is 7.06. The van der Waals surface area contributed by atoms with Gasteiger partial charge < -0.3 is 5.32 Å². The number of nitriles is 1. The quantitative estimate of drug-likeness (QED) is 0.617. The predicted octanol–water partition coefficient (Wildman–Crippen LogP) is 3.76. The standard InChI is InChI=1S/C19H17FN2OS/c20-18-7-3-4-15(12-18)8-9-19(23)22-10-11-24-14-17-6-2-1-5-16(17)13-21/h1-9,12H,10-11,14H2,(H,22,23)/b9-8+. The third kappa shape index (κ3) is 5.90. The minimum atomic E-state index is -0.327. The van der Waals surface area contributed by atoms with Crippen molar-refractivity contribution in [1.82, 2.24) is 5.32 Å². The third-order valence-electron chi connectivity index (χ3n) is 3.22. The highest BCUT2D eigenvalue weighted by molar-refractivity contribution is 7.98. The van der Waals surface area contributed by atoms with Crippen molar-refractivity contribution in [3.63, 3.8) is 0 Å². The van der Waals surface area contributed by atoms with E-state index in [-0.39, 0.29) is 11.7 Å². The zero-order chi connectivity index (χ0) is 17.2. The largest absolute Gasteiger partial charge is 0.352 e. The maximum atomic E-state index is 13.0. The lowest BCUT2D eigenvalue weighted by Gasteiger charge is -2.04. The summed E-state index contributed by atoms with van der Waals surface area (Å²) in [4.78, 5) is 11.7. The van der Waals surface area contributed by atoms with Crippen molar-refractivity contribution < 1.29 is 9.18 Å². The van der Waals surface area contributed by atoms with E-state index in [4.69, 9.17) is 5.26 Å². The SMILES string of the molecule is N#Cc1ccccc1CSCCNC(=O)/C=C/c1cccc(F)c1. The van der Waals surface area contributed by atoms with Gasteiger partial charge in [-0.05, 0) is 35.4 Å². The molecule has 0 saturated heterocycles. The summed E-state index contributed by atoms with van der Waals surface area (Å²) in [6, 6.07) is 15.7. The third-order valence-corrected chi connectivity index (χ3v) is 4.22. The Morgan fingerprint density at radius 1 is 1.25 bits per heavy atom. The molecule has 0 aliphatic heterocycles. The van der Waals surface area contributed by atoms with Gasteiger partial charge in [-0.3, -0.25) is 4.79 Å². The van der Waals surface area contributed by atoms with Crippen molar-refractivity contribution in [2.75, 3.05) is 12.3 Å². The second kappa shape index (κ2) is 9.53. The zero-order valence-corrected chi connectivity index (χ0v) is 13.9. The van der Waals surface area contributed by atoms with Crippen LogP contribution in [0.3, 0.4) is 0 Å². The molecule has 2 aromatic carbocycles. The Bertz CT molecular complexity index is 768. The van der Waals surface area contributed by atoms with E-state index in [1.54, 1.807) is 36.0 Å². The van der Waals surface area contributed by atoms with Crippen LogP contribution in [0.2, 0.25) is 0 Å². The average molecular weight is 340 g/mol. The second-order valence-electron chi connectivity index (χ2n) is 5.00. The van der Waals surface area contributed by atoms with E-state index >= 15 is 0 Å². The van der Waals surface area contributed by atoms with Crippen molar-refractivity contribution in [1.29, 1.82) is 5.26 Å². The number of carbonyl (C=O) groups is 1. The van der Waals surface area contributed by atoms with Gasteiger partial charge in [0, 0.05) is 24.1 Å². The summed E-state index contributed by atoms with van der Waals surface area (Å²) in [5.41, 5.74) is 2.34. The van der Waals surface area contributed by atoms with Gasteiger partial charge in [-0.2, -0.15) is 17.0 Å². The molecule has 0 fully saturated rings. The molecule has 0 heterocycles. The summed E-state index contributed by atoms with van der Waals surface area (Å²) in [5.74, 6) is 0.946. The minimum absolute atomic E-state index is 0.211. The lowest BCUT2D eigenvalue weighted by molar-refractivity contribution is -0.116. The minimum Gasteiger partial charge on any atom is -0.352 e. The topological polar surface area (TPSA) is 52.9 Å². The van der Waals surface area contributed by atoms with Crippen LogP contribution in [-0.4, -0.2) is 18.2 Å². The van der Waals surface area contributed by atoms with Crippen LogP contribution in [0.1, 0.15) is 16.7 Å². The van der Waals surface area contributed by atoms with E-state index in [1.807, 2.05) is 18.2 Å². The van der Waals surface area contributed by atoms with Crippen LogP contribution >= 0.6 is 11.8 Å². The number of hydrogen-bond donors (Lipinski definition) is 1. The molecule has 122 valence electrons. The van der Waals surface area contributed by atoms with E-state index in [9.17, 15) is 9.18 Å². The fourth-order valence-electron chi connectivity index (χ4n) is 2.02. The Hall–Kier alpha value is -2.58. The lowest BCUT2D eigenvalue weighted by Crippen LogP contribution is -2.23. The molecule has 1 N–H and O–H groups in total. The highest BCUT2D eigenvalue weighted by Crippen LogP contribution is 2.15. The molecular formula is C19H17FN2OS. The van der Waals surface area contributed by atoms with Crippen LogP contribution in [0.25, 0.3) is 6.08 Å². The smallest absolute Gasteiger partial charge is 0.244 e. The molecular weight excluding hydrogens is 323 g/mol. The van der Waals surface area contributed by atoms with Gasteiger partial charge in [0.1, 0.15) is 5.82 Å². The summed E-state index contributed by atoms with van der Waals surface area (Å²) >= 11 is 1.65. The summed E-state index contributed by atoms with van der Waals surface area (Å²) in [5, 5.41) is 11.8. The molecule has 3 nitrogen and oxygen atoms in total. The predicted molar refractivity (Wildman–Crippen MR) is 95.8 cm³/mol. The van der Waals surface area contributed by atoms with E-state index in [0.717, 1.165) is 17.1 Å². The first-order chi connectivity index (χ1) is 11.7. The zero-order valence-electron chi connectivity index (χ0n) is 13.0. The Morgan fingerprint density at radius 3 is 2.88 bits per heavy atom. The number of hydrogen-bond acceptors (Lipinski definition) is 3. The first-order valence-corrected chi connectivity index (χ1v) is 8.62. The Morgan fingerprint density at radius 2 is 2.08 bits per heavy atom. The van der Waals surface area contributed by atoms with Crippen LogP contribution in [0.15, 0.2) is 54.6 Å². The van der Waals surface area contributed by atoms with Gasteiger partial charge in [0.05, 0.1) is 11.6 Å². The highest BCUT2D eigenvalue weighted by Gasteiger charge is 2.01. The first-order valence-electron chi connectivity index (χ1n) is 7.46. The van der Waals surface area contributed by atoms with Gasteiger partial charge in [0.15, 0.2) is 0 Å². The van der Waals surface area contributed by atoms with Crippen LogP contribution < -0.4 is 5.32 Å². The fraction of sp³-hybridized carbons (Fsp3) is 0.158. The molecule has 24 heavy (non-hydrogen) atoms. The molecule has 0 bridgehead atoms. The first kappa shape index (κ1) is 17.8. The molecule has 0 aromatic heterocycles. The number of carbonyl (C=O) groups excluding carboxylic acids is 1. The molecule has 0 spiro atoms. The molecule has 1 amide bonds. The Balaban J connectivity index is 1.69. The van der Waals surface area contributed by atoms with Crippen LogP contribution in [0.4, 0.5) is 4.39 Å². The molecule has 0 saturated carbocycles. The van der Waals surface area contributed by atoms with Crippen molar-refractivity contribution in [3.05, 3.63) is 77.1 Å². The summed E-state index contributed by atoms with van der Waals surface area (Å²) < 4.78 is 13.0. The summed E-state index contributed by atoms with van der Waals surface area (Å²) in [6.45, 7) is 0.533. The highest BCUT2D eigenvalue weighted by atomic mass is 32.2. The monoisotopic (exact) mass is 340 g/mol. The van der Waals surface area contributed by atoms with Crippen molar-refractivity contribution >= 4 is 23.7 Å². The van der Waals surface area contributed by atoms with E-state index in [2.05, 4.69) is 11.4 Å². The van der Waals surface area contributed by atoms with Crippen molar-refractivity contribution in [2.24, 2.45) is 0 Å². The van der Waals surface area contributed by atoms with E-state index < -0.39 is 0 Å². The van der Waals surface area contributed by atoms with E-state index in [0.29, 0.717) is 17.7 Å². The normalized spacial score (nSPS) is 10.5. The number of rotatable bonds is 7. The second-order valence-corrected chi connectivity index (χ2v) is 6.11. The summed E-state index contributed by atoms with van der Waals surface area (Å²) in [7, 11) is 0. The van der Waals surface area contributed by atoms with Crippen LogP contribution in [0.5, 0.6) is 0 Å². The van der Waals surface area contributed by atoms with Crippen molar-refractivity contribution in [3.8, 4) is 6.07 Å². The number of benzene rings is 2. The number of halogens is 1. The molecule has 2 rings (SSSR count). The van der Waals surface area contributed by atoms with Gasteiger partial charge >= 0.3 is 0 Å². The molecule has 0 aliphatic carbocycles. The summed E-state index contributed by atoms with van der Waals surface area (Å²) in [6.07, 6.45) is 2.97. The molecule has 0 radical (unpaired) electrons. The van der Waals surface area contributed by atoms with Gasteiger partial charge in [-0.15, -0.1) is 0 Å². The number of nitrogens with one attached hydrogen (secondary N) is 1. The molecule has 0 atom stereocenters. The van der Waals surface area contributed by atoms with Gasteiger partial charge in [0.25, 0.3) is 0 Å². The molecule has 0 unspecified atom stereocenters. The maximum absolute atomic E-state index is 13.0. The number of thioether (sulfide) groups is 1. The van der Waals surface area contributed by atoms with Crippen molar-refractivity contribution in [2.45, 2.75) is 5.75 Å². The van der Waals surface area contributed by atoms with Crippen LogP contribution in [-0.2, 0) is 10.5 Å². The fourth-order valence-corrected chi connectivity index (χ4v) is 2.89. The number of nitrogens with zero attached hydrogens (tertiary/aromatic N) is 1. The molecule has 2 aromatic rings. The van der Waals surface area contributed by atoms with E-state index in [1.165, 1.54) is 18.2 Å². The maximum Gasteiger partial charge on any atom is 0.244 e. The average Bonchev–Trinajstić information content (AvgIpc) is 2.60. The lowest BCUT2D eigenvalue weighted by atomic mass is 10.1.